The van der Waals surface area contributed by atoms with E-state index in [1.165, 1.54) is 17.7 Å². The molecule has 0 bridgehead atoms. The highest BCUT2D eigenvalue weighted by atomic mass is 19.4. The Hall–Kier alpha value is -0.290. The summed E-state index contributed by atoms with van der Waals surface area (Å²) in [4.78, 5) is 1.49. The quantitative estimate of drug-likeness (QED) is 0.795. The van der Waals surface area contributed by atoms with E-state index >= 15 is 0 Å². The number of nitrogens with one attached hydrogen (secondary N) is 1. The lowest BCUT2D eigenvalue weighted by Gasteiger charge is -2.30. The van der Waals surface area contributed by atoms with Crippen LogP contribution in [-0.2, 0) is 0 Å². The number of nitrogens with zero attached hydrogens (tertiary/aromatic N) is 1. The Morgan fingerprint density at radius 2 is 2.11 bits per heavy atom. The minimum absolute atomic E-state index is 0.467. The molecule has 0 spiro atoms. The van der Waals surface area contributed by atoms with E-state index in [0.717, 1.165) is 19.5 Å². The van der Waals surface area contributed by atoms with Crippen molar-refractivity contribution in [1.29, 1.82) is 0 Å². The zero-order valence-electron chi connectivity index (χ0n) is 11.4. The van der Waals surface area contributed by atoms with E-state index in [2.05, 4.69) is 12.2 Å². The van der Waals surface area contributed by atoms with Crippen molar-refractivity contribution in [2.24, 2.45) is 11.8 Å². The highest BCUT2D eigenvalue weighted by Crippen LogP contribution is 2.23. The maximum atomic E-state index is 12.3. The van der Waals surface area contributed by atoms with E-state index in [1.54, 1.807) is 6.92 Å². The molecule has 1 heterocycles. The van der Waals surface area contributed by atoms with Crippen LogP contribution in [0.1, 0.15) is 33.1 Å². The number of hydrogen-bond acceptors (Lipinski definition) is 2. The molecule has 1 N–H and O–H groups in total. The molecule has 0 aliphatic carbocycles. The summed E-state index contributed by atoms with van der Waals surface area (Å²) in [7, 11) is 0. The summed E-state index contributed by atoms with van der Waals surface area (Å²) in [6.45, 7) is 6.30. The highest BCUT2D eigenvalue weighted by Gasteiger charge is 2.30. The summed E-state index contributed by atoms with van der Waals surface area (Å²) in [5.74, 6) is 1.13. The van der Waals surface area contributed by atoms with Gasteiger partial charge in [0.25, 0.3) is 0 Å². The normalized spacial score (nSPS) is 23.3. The third kappa shape index (κ3) is 6.05. The van der Waals surface area contributed by atoms with Gasteiger partial charge in [0.05, 0.1) is 6.54 Å². The average Bonchev–Trinajstić information content (AvgIpc) is 2.33. The van der Waals surface area contributed by atoms with Gasteiger partial charge in [0.15, 0.2) is 0 Å². The molecule has 108 valence electrons. The first-order chi connectivity index (χ1) is 8.42. The van der Waals surface area contributed by atoms with Crippen molar-refractivity contribution in [2.75, 3.05) is 32.7 Å². The standard InChI is InChI=1S/C13H25F3N2/c1-3-18(10-13(14,15)16)8-6-11(2)12-5-4-7-17-9-12/h11-12,17H,3-10H2,1-2H3. The minimum atomic E-state index is -4.08. The van der Waals surface area contributed by atoms with Gasteiger partial charge in [0.2, 0.25) is 0 Å². The van der Waals surface area contributed by atoms with Crippen LogP contribution in [0.4, 0.5) is 13.2 Å². The first kappa shape index (κ1) is 15.8. The monoisotopic (exact) mass is 266 g/mol. The van der Waals surface area contributed by atoms with Gasteiger partial charge < -0.3 is 5.32 Å². The molecule has 1 saturated heterocycles. The molecule has 1 aliphatic heterocycles. The third-order valence-electron chi connectivity index (χ3n) is 3.89. The smallest absolute Gasteiger partial charge is 0.316 e. The Labute approximate surface area is 108 Å². The highest BCUT2D eigenvalue weighted by molar-refractivity contribution is 4.75. The molecular formula is C13H25F3N2. The number of hydrogen-bond donors (Lipinski definition) is 1. The largest absolute Gasteiger partial charge is 0.401 e. The van der Waals surface area contributed by atoms with E-state index in [9.17, 15) is 13.2 Å². The van der Waals surface area contributed by atoms with Gasteiger partial charge in [-0.15, -0.1) is 0 Å². The molecule has 0 saturated carbocycles. The van der Waals surface area contributed by atoms with E-state index < -0.39 is 12.7 Å². The van der Waals surface area contributed by atoms with E-state index in [1.807, 2.05) is 0 Å². The lowest BCUT2D eigenvalue weighted by molar-refractivity contribution is -0.145. The summed E-state index contributed by atoms with van der Waals surface area (Å²) >= 11 is 0. The van der Waals surface area contributed by atoms with Crippen LogP contribution in [0.2, 0.25) is 0 Å². The van der Waals surface area contributed by atoms with Crippen molar-refractivity contribution >= 4 is 0 Å². The number of halogens is 3. The average molecular weight is 266 g/mol. The fraction of sp³-hybridized carbons (Fsp3) is 1.00. The molecule has 1 fully saturated rings. The lowest BCUT2D eigenvalue weighted by atomic mass is 9.85. The molecule has 0 aromatic carbocycles. The molecule has 2 atom stereocenters. The van der Waals surface area contributed by atoms with Crippen LogP contribution in [0.5, 0.6) is 0 Å². The number of alkyl halides is 3. The van der Waals surface area contributed by atoms with Gasteiger partial charge in [0, 0.05) is 0 Å². The Balaban J connectivity index is 2.28. The molecule has 5 heteroatoms. The van der Waals surface area contributed by atoms with Crippen LogP contribution in [-0.4, -0.2) is 43.8 Å². The SMILES string of the molecule is CCN(CCC(C)C1CCCNC1)CC(F)(F)F. The molecule has 0 aromatic rings. The molecule has 0 radical (unpaired) electrons. The first-order valence-corrected chi connectivity index (χ1v) is 6.92. The summed E-state index contributed by atoms with van der Waals surface area (Å²) < 4.78 is 37.0. The Bertz CT molecular complexity index is 225. The Morgan fingerprint density at radius 3 is 2.61 bits per heavy atom. The van der Waals surface area contributed by atoms with E-state index in [0.29, 0.717) is 24.9 Å². The predicted octanol–water partition coefficient (Wildman–Crippen LogP) is 2.90. The summed E-state index contributed by atoms with van der Waals surface area (Å²) in [5.41, 5.74) is 0. The van der Waals surface area contributed by atoms with E-state index in [-0.39, 0.29) is 0 Å². The van der Waals surface area contributed by atoms with Gasteiger partial charge in [-0.05, 0) is 57.3 Å². The second-order valence-corrected chi connectivity index (χ2v) is 5.36. The van der Waals surface area contributed by atoms with Crippen LogP contribution < -0.4 is 5.32 Å². The van der Waals surface area contributed by atoms with Crippen molar-refractivity contribution in [3.05, 3.63) is 0 Å². The first-order valence-electron chi connectivity index (χ1n) is 6.92. The maximum absolute atomic E-state index is 12.3. The molecule has 1 aliphatic rings. The van der Waals surface area contributed by atoms with Gasteiger partial charge >= 0.3 is 6.18 Å². The van der Waals surface area contributed by atoms with Gasteiger partial charge in [0.1, 0.15) is 0 Å². The summed E-state index contributed by atoms with van der Waals surface area (Å²) in [6, 6.07) is 0. The van der Waals surface area contributed by atoms with Crippen molar-refractivity contribution < 1.29 is 13.2 Å². The zero-order chi connectivity index (χ0) is 13.6. The molecule has 1 rings (SSSR count). The predicted molar refractivity (Wildman–Crippen MR) is 67.5 cm³/mol. The van der Waals surface area contributed by atoms with Crippen LogP contribution in [0.25, 0.3) is 0 Å². The van der Waals surface area contributed by atoms with Crippen LogP contribution in [0.3, 0.4) is 0 Å². The second-order valence-electron chi connectivity index (χ2n) is 5.36. The van der Waals surface area contributed by atoms with Gasteiger partial charge in [-0.3, -0.25) is 4.90 Å². The van der Waals surface area contributed by atoms with Crippen LogP contribution >= 0.6 is 0 Å². The molecule has 18 heavy (non-hydrogen) atoms. The van der Waals surface area contributed by atoms with Crippen molar-refractivity contribution in [3.63, 3.8) is 0 Å². The van der Waals surface area contributed by atoms with Gasteiger partial charge in [-0.2, -0.15) is 13.2 Å². The fourth-order valence-electron chi connectivity index (χ4n) is 2.59. The minimum Gasteiger partial charge on any atom is -0.316 e. The van der Waals surface area contributed by atoms with Crippen LogP contribution in [0, 0.1) is 11.8 Å². The molecule has 2 nitrogen and oxygen atoms in total. The number of rotatable bonds is 6. The van der Waals surface area contributed by atoms with E-state index in [4.69, 9.17) is 0 Å². The van der Waals surface area contributed by atoms with Gasteiger partial charge in [-0.25, -0.2) is 0 Å². The summed E-state index contributed by atoms with van der Waals surface area (Å²) in [6.07, 6.45) is -0.823. The Kier molecular flexibility index (Phi) is 6.43. The second kappa shape index (κ2) is 7.34. The third-order valence-corrected chi connectivity index (χ3v) is 3.89. The molecule has 0 amide bonds. The number of piperidine rings is 1. The Morgan fingerprint density at radius 1 is 1.39 bits per heavy atom. The van der Waals surface area contributed by atoms with Crippen molar-refractivity contribution in [3.8, 4) is 0 Å². The molecule has 0 aromatic heterocycles. The lowest BCUT2D eigenvalue weighted by Crippen LogP contribution is -2.37. The topological polar surface area (TPSA) is 15.3 Å². The molecule has 2 unspecified atom stereocenters. The fourth-order valence-corrected chi connectivity index (χ4v) is 2.59. The van der Waals surface area contributed by atoms with Crippen molar-refractivity contribution in [2.45, 2.75) is 39.3 Å². The van der Waals surface area contributed by atoms with Gasteiger partial charge in [-0.1, -0.05) is 13.8 Å². The molecular weight excluding hydrogens is 241 g/mol. The maximum Gasteiger partial charge on any atom is 0.401 e. The zero-order valence-corrected chi connectivity index (χ0v) is 11.4. The van der Waals surface area contributed by atoms with Crippen molar-refractivity contribution in [1.82, 2.24) is 10.2 Å². The summed E-state index contributed by atoms with van der Waals surface area (Å²) in [5, 5.41) is 3.36. The van der Waals surface area contributed by atoms with Crippen LogP contribution in [0.15, 0.2) is 0 Å².